The summed E-state index contributed by atoms with van der Waals surface area (Å²) in [4.78, 5) is 8.05. The highest BCUT2D eigenvalue weighted by Crippen LogP contribution is 2.29. The predicted octanol–water partition coefficient (Wildman–Crippen LogP) is 3.18. The van der Waals surface area contributed by atoms with Gasteiger partial charge in [-0.25, -0.2) is 0 Å². The average molecular weight is 310 g/mol. The standard InChI is InChI=1S/C12H9Cl2N5O/c1-20-9-4-7(2-3-8(9)13)17-11-5-10(14)18-12-15-6-16-19(11)12/h2-6,17H,1H3. The highest BCUT2D eigenvalue weighted by Gasteiger charge is 2.08. The Hall–Kier alpha value is -2.05. The van der Waals surface area contributed by atoms with Gasteiger partial charge < -0.3 is 10.1 Å². The van der Waals surface area contributed by atoms with Gasteiger partial charge in [0.1, 0.15) is 23.0 Å². The number of nitrogens with one attached hydrogen (secondary N) is 1. The maximum atomic E-state index is 5.99. The number of halogens is 2. The lowest BCUT2D eigenvalue weighted by molar-refractivity contribution is 0.415. The largest absolute Gasteiger partial charge is 0.495 e. The Balaban J connectivity index is 2.02. The van der Waals surface area contributed by atoms with Gasteiger partial charge in [-0.2, -0.15) is 19.6 Å². The summed E-state index contributed by atoms with van der Waals surface area (Å²) in [6.45, 7) is 0. The fourth-order valence-electron chi connectivity index (χ4n) is 1.76. The van der Waals surface area contributed by atoms with Crippen LogP contribution in [0.15, 0.2) is 30.6 Å². The van der Waals surface area contributed by atoms with Crippen LogP contribution in [0.25, 0.3) is 5.78 Å². The second-order valence-electron chi connectivity index (χ2n) is 3.91. The van der Waals surface area contributed by atoms with Crippen molar-refractivity contribution >= 4 is 40.5 Å². The molecule has 8 heteroatoms. The van der Waals surface area contributed by atoms with Gasteiger partial charge in [-0.15, -0.1) is 0 Å². The maximum absolute atomic E-state index is 5.99. The molecule has 1 N–H and O–H groups in total. The van der Waals surface area contributed by atoms with Crippen molar-refractivity contribution in [3.63, 3.8) is 0 Å². The molecule has 3 aromatic rings. The number of nitrogens with zero attached hydrogens (tertiary/aromatic N) is 4. The maximum Gasteiger partial charge on any atom is 0.255 e. The average Bonchev–Trinajstić information content (AvgIpc) is 2.89. The summed E-state index contributed by atoms with van der Waals surface area (Å²) in [7, 11) is 1.56. The molecule has 2 heterocycles. The summed E-state index contributed by atoms with van der Waals surface area (Å²) in [5, 5.41) is 8.12. The first-order chi connectivity index (χ1) is 9.67. The van der Waals surface area contributed by atoms with Crippen molar-refractivity contribution in [1.82, 2.24) is 19.6 Å². The first-order valence-electron chi connectivity index (χ1n) is 5.64. The number of anilines is 2. The third-order valence-electron chi connectivity index (χ3n) is 2.64. The zero-order valence-corrected chi connectivity index (χ0v) is 11.9. The van der Waals surface area contributed by atoms with Crippen molar-refractivity contribution in [1.29, 1.82) is 0 Å². The number of methoxy groups -OCH3 is 1. The molecule has 6 nitrogen and oxygen atoms in total. The quantitative estimate of drug-likeness (QED) is 0.753. The highest BCUT2D eigenvalue weighted by atomic mass is 35.5. The molecule has 0 aliphatic carbocycles. The van der Waals surface area contributed by atoms with Crippen molar-refractivity contribution in [3.05, 3.63) is 40.8 Å². The van der Waals surface area contributed by atoms with E-state index in [1.165, 1.54) is 6.33 Å². The number of rotatable bonds is 3. The zero-order chi connectivity index (χ0) is 14.1. The Morgan fingerprint density at radius 1 is 1.25 bits per heavy atom. The topological polar surface area (TPSA) is 64.3 Å². The molecule has 0 saturated heterocycles. The van der Waals surface area contributed by atoms with Gasteiger partial charge in [-0.05, 0) is 12.1 Å². The number of fused-ring (bicyclic) bond motifs is 1. The first kappa shape index (κ1) is 13.0. The third kappa shape index (κ3) is 2.35. The summed E-state index contributed by atoms with van der Waals surface area (Å²) in [6.07, 6.45) is 1.41. The highest BCUT2D eigenvalue weighted by molar-refractivity contribution is 6.32. The van der Waals surface area contributed by atoms with Gasteiger partial charge in [0.2, 0.25) is 0 Å². The van der Waals surface area contributed by atoms with Crippen molar-refractivity contribution in [2.45, 2.75) is 0 Å². The van der Waals surface area contributed by atoms with Crippen molar-refractivity contribution < 1.29 is 4.74 Å². The van der Waals surface area contributed by atoms with Crippen LogP contribution in [-0.2, 0) is 0 Å². The lowest BCUT2D eigenvalue weighted by Gasteiger charge is -2.10. The molecule has 0 fully saturated rings. The molecule has 0 saturated carbocycles. The van der Waals surface area contributed by atoms with Crippen LogP contribution in [0.4, 0.5) is 11.5 Å². The number of hydrogen-bond acceptors (Lipinski definition) is 5. The Bertz CT molecular complexity index is 774. The van der Waals surface area contributed by atoms with Gasteiger partial charge in [0.25, 0.3) is 5.78 Å². The molecule has 0 amide bonds. The molecule has 0 spiro atoms. The summed E-state index contributed by atoms with van der Waals surface area (Å²) < 4.78 is 6.72. The normalized spacial score (nSPS) is 10.8. The van der Waals surface area contributed by atoms with E-state index in [0.717, 1.165) is 5.69 Å². The molecule has 102 valence electrons. The summed E-state index contributed by atoms with van der Waals surface area (Å²) in [5.74, 6) is 1.63. The Kier molecular flexibility index (Phi) is 3.33. The Morgan fingerprint density at radius 3 is 2.90 bits per heavy atom. The molecule has 0 aliphatic heterocycles. The van der Waals surface area contributed by atoms with Gasteiger partial charge in [-0.1, -0.05) is 23.2 Å². The number of ether oxygens (including phenoxy) is 1. The Morgan fingerprint density at radius 2 is 2.10 bits per heavy atom. The van der Waals surface area contributed by atoms with E-state index in [-0.39, 0.29) is 0 Å². The van der Waals surface area contributed by atoms with Crippen molar-refractivity contribution in [2.24, 2.45) is 0 Å². The molecule has 0 atom stereocenters. The lowest BCUT2D eigenvalue weighted by Crippen LogP contribution is -2.01. The molecule has 0 unspecified atom stereocenters. The minimum atomic E-state index is 0.328. The summed E-state index contributed by atoms with van der Waals surface area (Å²) in [6, 6.07) is 7.00. The minimum Gasteiger partial charge on any atom is -0.495 e. The van der Waals surface area contributed by atoms with E-state index in [2.05, 4.69) is 20.4 Å². The van der Waals surface area contributed by atoms with Crippen LogP contribution >= 0.6 is 23.2 Å². The molecular weight excluding hydrogens is 301 g/mol. The van der Waals surface area contributed by atoms with E-state index in [9.17, 15) is 0 Å². The molecule has 0 aliphatic rings. The first-order valence-corrected chi connectivity index (χ1v) is 6.40. The number of hydrogen-bond donors (Lipinski definition) is 1. The van der Waals surface area contributed by atoms with Crippen molar-refractivity contribution in [2.75, 3.05) is 12.4 Å². The van der Waals surface area contributed by atoms with E-state index in [0.29, 0.717) is 27.5 Å². The van der Waals surface area contributed by atoms with Gasteiger partial charge in [0.05, 0.1) is 12.1 Å². The molecule has 20 heavy (non-hydrogen) atoms. The fraction of sp³-hybridized carbons (Fsp3) is 0.0833. The van der Waals surface area contributed by atoms with Gasteiger partial charge >= 0.3 is 0 Å². The molecule has 2 aromatic heterocycles. The predicted molar refractivity (Wildman–Crippen MR) is 77.1 cm³/mol. The molecule has 0 radical (unpaired) electrons. The van der Waals surface area contributed by atoms with E-state index in [1.807, 2.05) is 6.07 Å². The minimum absolute atomic E-state index is 0.328. The van der Waals surface area contributed by atoms with Gasteiger partial charge in [0.15, 0.2) is 0 Å². The zero-order valence-electron chi connectivity index (χ0n) is 10.3. The van der Waals surface area contributed by atoms with Gasteiger partial charge in [0, 0.05) is 17.8 Å². The SMILES string of the molecule is COc1cc(Nc2cc(Cl)nc3ncnn23)ccc1Cl. The van der Waals surface area contributed by atoms with Crippen LogP contribution in [-0.4, -0.2) is 26.7 Å². The van der Waals surface area contributed by atoms with Crippen LogP contribution in [0.5, 0.6) is 5.75 Å². The summed E-state index contributed by atoms with van der Waals surface area (Å²) >= 11 is 11.9. The van der Waals surface area contributed by atoms with Crippen LogP contribution in [0, 0.1) is 0 Å². The van der Waals surface area contributed by atoms with Crippen LogP contribution in [0.2, 0.25) is 10.2 Å². The molecule has 1 aromatic carbocycles. The lowest BCUT2D eigenvalue weighted by atomic mass is 10.3. The number of benzene rings is 1. The van der Waals surface area contributed by atoms with E-state index >= 15 is 0 Å². The van der Waals surface area contributed by atoms with E-state index in [4.69, 9.17) is 27.9 Å². The molecule has 0 bridgehead atoms. The van der Waals surface area contributed by atoms with E-state index < -0.39 is 0 Å². The third-order valence-corrected chi connectivity index (χ3v) is 3.15. The van der Waals surface area contributed by atoms with Crippen LogP contribution < -0.4 is 10.1 Å². The molecular formula is C12H9Cl2N5O. The van der Waals surface area contributed by atoms with Crippen molar-refractivity contribution in [3.8, 4) is 5.75 Å². The smallest absolute Gasteiger partial charge is 0.255 e. The van der Waals surface area contributed by atoms with E-state index in [1.54, 1.807) is 29.8 Å². The monoisotopic (exact) mass is 309 g/mol. The molecule has 3 rings (SSSR count). The van der Waals surface area contributed by atoms with Crippen LogP contribution in [0.1, 0.15) is 0 Å². The Labute approximate surface area is 124 Å². The second-order valence-corrected chi connectivity index (χ2v) is 4.70. The van der Waals surface area contributed by atoms with Gasteiger partial charge in [-0.3, -0.25) is 0 Å². The van der Waals surface area contributed by atoms with Crippen LogP contribution in [0.3, 0.4) is 0 Å². The summed E-state index contributed by atoms with van der Waals surface area (Å²) in [5.41, 5.74) is 0.783. The fourth-order valence-corrected chi connectivity index (χ4v) is 2.13. The second kappa shape index (κ2) is 5.15. The number of aromatic nitrogens is 4.